The average Bonchev–Trinajstić information content (AvgIpc) is 1.37. The van der Waals surface area contributed by atoms with Crippen molar-refractivity contribution in [2.75, 3.05) is 0 Å². The smallest absolute Gasteiger partial charge is 0.154 e. The van der Waals surface area contributed by atoms with E-state index in [1.54, 1.807) is 6.11 Å². The van der Waals surface area contributed by atoms with Gasteiger partial charge in [-0.1, -0.05) is 0 Å². The summed E-state index contributed by atoms with van der Waals surface area (Å²) in [5.41, 5.74) is 0. The molecule has 0 aromatic carbocycles. The van der Waals surface area contributed by atoms with E-state index in [1.165, 1.54) is 0 Å². The Morgan fingerprint density at radius 1 is 2.00 bits per heavy atom. The average molecular weight is 167 g/mol. The van der Waals surface area contributed by atoms with E-state index in [9.17, 15) is 0 Å². The van der Waals surface area contributed by atoms with E-state index in [4.69, 9.17) is 0 Å². The van der Waals surface area contributed by atoms with Crippen LogP contribution in [0, 0.1) is 0 Å². The SMILES string of the molecule is B/C=N/I. The first kappa shape index (κ1) is 4.46. The van der Waals surface area contributed by atoms with Crippen LogP contribution in [-0.4, -0.2) is 14.0 Å². The van der Waals surface area contributed by atoms with E-state index in [0.29, 0.717) is 0 Å². The van der Waals surface area contributed by atoms with Crippen LogP contribution in [0.3, 0.4) is 0 Å². The Morgan fingerprint density at radius 2 is 2.25 bits per heavy atom. The van der Waals surface area contributed by atoms with Crippen molar-refractivity contribution in [3.8, 4) is 0 Å². The lowest BCUT2D eigenvalue weighted by Crippen LogP contribution is -1.53. The van der Waals surface area contributed by atoms with Gasteiger partial charge in [0.05, 0.1) is 22.9 Å². The minimum absolute atomic E-state index is 1.74. The van der Waals surface area contributed by atoms with Crippen molar-refractivity contribution < 1.29 is 0 Å². The Kier molecular flexibility index (Phi) is 3.87. The van der Waals surface area contributed by atoms with E-state index in [2.05, 4.69) is 3.21 Å². The Labute approximate surface area is 40.4 Å². The predicted octanol–water partition coefficient (Wildman–Crippen LogP) is -0.00220. The molecule has 0 N–H and O–H groups in total. The largest absolute Gasteiger partial charge is 0.238 e. The molecule has 0 unspecified atom stereocenters. The lowest BCUT2D eigenvalue weighted by Gasteiger charge is -1.48. The molecule has 3 heteroatoms. The second-order valence-electron chi connectivity index (χ2n) is 0.356. The number of hydrogen-bond donors (Lipinski definition) is 0. The highest BCUT2D eigenvalue weighted by Gasteiger charge is 1.38. The highest BCUT2D eigenvalue weighted by atomic mass is 127. The number of nitrogens with zero attached hydrogens (tertiary/aromatic N) is 1. The zero-order valence-corrected chi connectivity index (χ0v) is 4.56. The third kappa shape index (κ3) is 2.46. The number of halogens is 1. The van der Waals surface area contributed by atoms with Crippen LogP contribution in [0.25, 0.3) is 0 Å². The van der Waals surface area contributed by atoms with Gasteiger partial charge in [0.25, 0.3) is 0 Å². The Balaban J connectivity index is 2.55. The summed E-state index contributed by atoms with van der Waals surface area (Å²) in [6.45, 7) is 0. The van der Waals surface area contributed by atoms with Gasteiger partial charge >= 0.3 is 0 Å². The van der Waals surface area contributed by atoms with Gasteiger partial charge in [-0.25, -0.2) is 3.21 Å². The minimum Gasteiger partial charge on any atom is -0.238 e. The second-order valence-corrected chi connectivity index (χ2v) is 0.913. The van der Waals surface area contributed by atoms with E-state index >= 15 is 0 Å². The number of hydrogen-bond acceptors (Lipinski definition) is 1. The summed E-state index contributed by atoms with van der Waals surface area (Å²) in [5.74, 6) is 0. The maximum atomic E-state index is 3.58. The molecule has 0 saturated carbocycles. The monoisotopic (exact) mass is 167 g/mol. The first-order valence-electron chi connectivity index (χ1n) is 1.00. The van der Waals surface area contributed by atoms with Crippen molar-refractivity contribution in [3.05, 3.63) is 0 Å². The lowest BCUT2D eigenvalue weighted by atomic mass is 10.2. The minimum atomic E-state index is 1.74. The van der Waals surface area contributed by atoms with Gasteiger partial charge in [-0.3, -0.25) is 0 Å². The van der Waals surface area contributed by atoms with Crippen LogP contribution in [0.1, 0.15) is 0 Å². The third-order valence-corrected chi connectivity index (χ3v) is 0.655. The fourth-order valence-corrected chi connectivity index (χ4v) is 0. The molecule has 0 aliphatic rings. The maximum absolute atomic E-state index is 3.58. The van der Waals surface area contributed by atoms with E-state index in [0.717, 1.165) is 0 Å². The molecule has 0 saturated heterocycles. The van der Waals surface area contributed by atoms with Crippen LogP contribution in [0.5, 0.6) is 0 Å². The summed E-state index contributed by atoms with van der Waals surface area (Å²) in [7, 11) is 1.88. The summed E-state index contributed by atoms with van der Waals surface area (Å²) in [4.78, 5) is 0. The van der Waals surface area contributed by atoms with Crippen LogP contribution >= 0.6 is 22.9 Å². The zero-order chi connectivity index (χ0) is 3.41. The van der Waals surface area contributed by atoms with Crippen LogP contribution in [-0.2, 0) is 0 Å². The molecule has 0 spiro atoms. The quantitative estimate of drug-likeness (QED) is 0.273. The van der Waals surface area contributed by atoms with Gasteiger partial charge in [-0.2, -0.15) is 0 Å². The van der Waals surface area contributed by atoms with Crippen molar-refractivity contribution in [2.24, 2.45) is 3.21 Å². The summed E-state index contributed by atoms with van der Waals surface area (Å²) in [5, 5.41) is 0. The topological polar surface area (TPSA) is 12.4 Å². The second kappa shape index (κ2) is 3.46. The Bertz CT molecular complexity index is 23.2. The van der Waals surface area contributed by atoms with Crippen molar-refractivity contribution in [3.63, 3.8) is 0 Å². The van der Waals surface area contributed by atoms with E-state index in [-0.39, 0.29) is 0 Å². The van der Waals surface area contributed by atoms with Crippen molar-refractivity contribution in [1.82, 2.24) is 0 Å². The molecule has 22 valence electrons. The Hall–Kier alpha value is 0.465. The van der Waals surface area contributed by atoms with Crippen LogP contribution in [0.4, 0.5) is 0 Å². The Morgan fingerprint density at radius 3 is 2.25 bits per heavy atom. The zero-order valence-electron chi connectivity index (χ0n) is 2.40. The molecule has 0 radical (unpaired) electrons. The molecule has 0 aromatic rings. The molecular formula is CH3BIN. The van der Waals surface area contributed by atoms with Crippen molar-refractivity contribution in [1.29, 1.82) is 0 Å². The summed E-state index contributed by atoms with van der Waals surface area (Å²) in [6, 6.07) is 0. The highest BCUT2D eigenvalue weighted by molar-refractivity contribution is 14.1. The van der Waals surface area contributed by atoms with E-state index in [1.807, 2.05) is 30.7 Å². The maximum Gasteiger partial charge on any atom is 0.154 e. The van der Waals surface area contributed by atoms with E-state index < -0.39 is 0 Å². The van der Waals surface area contributed by atoms with Crippen molar-refractivity contribution >= 4 is 36.8 Å². The summed E-state index contributed by atoms with van der Waals surface area (Å²) in [6.07, 6.45) is 1.74. The normalized spacial score (nSPS) is 9.25. The molecule has 0 aliphatic carbocycles. The molecule has 1 nitrogen and oxygen atoms in total. The van der Waals surface area contributed by atoms with Gasteiger partial charge in [-0.05, 0) is 6.11 Å². The molecule has 0 rings (SSSR count). The molecule has 0 amide bonds. The molecule has 0 heterocycles. The third-order valence-electron chi connectivity index (χ3n) is 0.0976. The van der Waals surface area contributed by atoms with Crippen molar-refractivity contribution in [2.45, 2.75) is 0 Å². The fourth-order valence-electron chi connectivity index (χ4n) is 0. The molecule has 4 heavy (non-hydrogen) atoms. The van der Waals surface area contributed by atoms with Gasteiger partial charge in [0, 0.05) is 0 Å². The predicted molar refractivity (Wildman–Crippen MR) is 31.1 cm³/mol. The first-order valence-corrected chi connectivity index (χ1v) is 1.97. The lowest BCUT2D eigenvalue weighted by molar-refractivity contribution is 2.15. The summed E-state index contributed by atoms with van der Waals surface area (Å²) < 4.78 is 3.58. The summed E-state index contributed by atoms with van der Waals surface area (Å²) >= 11 is 1.92. The molecule has 0 fully saturated rings. The first-order chi connectivity index (χ1) is 1.91. The number of rotatable bonds is 0. The molecule has 0 bridgehead atoms. The van der Waals surface area contributed by atoms with Gasteiger partial charge in [0.15, 0.2) is 7.85 Å². The molecule has 0 atom stereocenters. The van der Waals surface area contributed by atoms with Crippen LogP contribution in [0.2, 0.25) is 0 Å². The molecule has 0 aliphatic heterocycles. The van der Waals surface area contributed by atoms with Crippen LogP contribution < -0.4 is 0 Å². The standard InChI is InChI=1S/CH3BIN/c2-1-4-3/h1H,2H2/b4-1+. The molecular weight excluding hydrogens is 164 g/mol. The fraction of sp³-hybridized carbons (Fsp3) is 0. The van der Waals surface area contributed by atoms with Gasteiger partial charge in [0.1, 0.15) is 0 Å². The van der Waals surface area contributed by atoms with Gasteiger partial charge in [-0.15, -0.1) is 0 Å². The van der Waals surface area contributed by atoms with Gasteiger partial charge < -0.3 is 0 Å². The van der Waals surface area contributed by atoms with Crippen LogP contribution in [0.15, 0.2) is 3.21 Å². The highest BCUT2D eigenvalue weighted by Crippen LogP contribution is 1.72. The molecule has 0 aromatic heterocycles. The van der Waals surface area contributed by atoms with Gasteiger partial charge in [0.2, 0.25) is 0 Å².